The molecular weight excluding hydrogens is 424 g/mol. The average molecular weight is 461 g/mol. The van der Waals surface area contributed by atoms with Crippen LogP contribution < -0.4 is 11.1 Å². The van der Waals surface area contributed by atoms with Gasteiger partial charge in [-0.25, -0.2) is 9.78 Å². The molecule has 0 aliphatic rings. The zero-order valence-electron chi connectivity index (χ0n) is 21.0. The number of aliphatic carboxylic acids is 1. The van der Waals surface area contributed by atoms with Crippen molar-refractivity contribution in [2.45, 2.75) is 41.5 Å². The molecule has 0 unspecified atom stereocenters. The Morgan fingerprint density at radius 3 is 2.47 bits per heavy atom. The van der Waals surface area contributed by atoms with E-state index in [1.54, 1.807) is 24.5 Å². The summed E-state index contributed by atoms with van der Waals surface area (Å²) in [5, 5.41) is 13.2. The molecule has 0 radical (unpaired) electrons. The largest absolute Gasteiger partial charge is 0.478 e. The van der Waals surface area contributed by atoms with Gasteiger partial charge < -0.3 is 21.1 Å². The first-order valence-corrected chi connectivity index (χ1v) is 11.3. The van der Waals surface area contributed by atoms with E-state index in [1.807, 2.05) is 65.1 Å². The van der Waals surface area contributed by atoms with Crippen LogP contribution in [0.25, 0.3) is 27.7 Å². The van der Waals surface area contributed by atoms with E-state index in [2.05, 4.69) is 28.4 Å². The first-order chi connectivity index (χ1) is 16.3. The van der Waals surface area contributed by atoms with Crippen LogP contribution >= 0.6 is 0 Å². The van der Waals surface area contributed by atoms with Crippen LogP contribution in [-0.4, -0.2) is 21.0 Å². The van der Waals surface area contributed by atoms with E-state index in [0.29, 0.717) is 5.57 Å². The lowest BCUT2D eigenvalue weighted by molar-refractivity contribution is -0.132. The summed E-state index contributed by atoms with van der Waals surface area (Å²) in [7, 11) is 0. The molecule has 0 spiro atoms. The van der Waals surface area contributed by atoms with Crippen molar-refractivity contribution in [2.24, 2.45) is 5.73 Å². The molecule has 6 nitrogen and oxygen atoms in total. The van der Waals surface area contributed by atoms with Gasteiger partial charge in [-0.05, 0) is 43.3 Å². The van der Waals surface area contributed by atoms with E-state index >= 15 is 0 Å². The second-order valence-electron chi connectivity index (χ2n) is 6.91. The fourth-order valence-corrected chi connectivity index (χ4v) is 3.12. The Morgan fingerprint density at radius 1 is 1.18 bits per heavy atom. The highest BCUT2D eigenvalue weighted by Gasteiger charge is 2.13. The lowest BCUT2D eigenvalue weighted by atomic mass is 9.99. The number of anilines is 1. The Hall–Kier alpha value is -4.06. The third kappa shape index (κ3) is 6.48. The van der Waals surface area contributed by atoms with Gasteiger partial charge in [-0.15, -0.1) is 0 Å². The quantitative estimate of drug-likeness (QED) is 0.224. The maximum atomic E-state index is 11.0. The van der Waals surface area contributed by atoms with Crippen LogP contribution in [0.2, 0.25) is 0 Å². The fourth-order valence-electron chi connectivity index (χ4n) is 3.12. The minimum atomic E-state index is -1.05. The Bertz CT molecular complexity index is 1220. The number of H-pyrrole nitrogens is 1. The SMILES string of the molecule is C=CNc1c(C)cccc1-c1c[nH]c2ncc(C(=C)/C=C\C(N)=C(/C)C(=O)O)cc12.CC.CC. The van der Waals surface area contributed by atoms with Crippen molar-refractivity contribution in [3.05, 3.63) is 90.6 Å². The van der Waals surface area contributed by atoms with E-state index < -0.39 is 5.97 Å². The van der Waals surface area contributed by atoms with E-state index in [0.717, 1.165) is 39.0 Å². The molecule has 0 saturated carbocycles. The molecule has 2 heterocycles. The summed E-state index contributed by atoms with van der Waals surface area (Å²) in [6.45, 7) is 19.3. The zero-order chi connectivity index (χ0) is 25.8. The number of carboxylic acid groups (broad SMARTS) is 1. The summed E-state index contributed by atoms with van der Waals surface area (Å²) >= 11 is 0. The summed E-state index contributed by atoms with van der Waals surface area (Å²) in [4.78, 5) is 18.7. The number of nitrogens with one attached hydrogen (secondary N) is 2. The van der Waals surface area contributed by atoms with Crippen LogP contribution in [0.3, 0.4) is 0 Å². The number of pyridine rings is 1. The maximum absolute atomic E-state index is 11.0. The zero-order valence-corrected chi connectivity index (χ0v) is 21.0. The molecule has 34 heavy (non-hydrogen) atoms. The number of aromatic amines is 1. The highest BCUT2D eigenvalue weighted by molar-refractivity contribution is 5.99. The van der Waals surface area contributed by atoms with Crippen molar-refractivity contribution in [1.82, 2.24) is 9.97 Å². The predicted molar refractivity (Wildman–Crippen MR) is 145 cm³/mol. The van der Waals surface area contributed by atoms with Crippen molar-refractivity contribution in [1.29, 1.82) is 0 Å². The van der Waals surface area contributed by atoms with E-state index in [-0.39, 0.29) is 11.3 Å². The first kappa shape index (κ1) is 28.0. The van der Waals surface area contributed by atoms with Gasteiger partial charge in [0.25, 0.3) is 0 Å². The van der Waals surface area contributed by atoms with Crippen LogP contribution in [0.1, 0.15) is 45.7 Å². The summed E-state index contributed by atoms with van der Waals surface area (Å²) in [5.41, 5.74) is 12.5. The number of aryl methyl sites for hydroxylation is 1. The Kier molecular flexibility index (Phi) is 11.1. The van der Waals surface area contributed by atoms with E-state index in [1.165, 1.54) is 6.92 Å². The monoisotopic (exact) mass is 460 g/mol. The van der Waals surface area contributed by atoms with Crippen molar-refractivity contribution in [2.75, 3.05) is 5.32 Å². The molecule has 0 amide bonds. The molecule has 0 atom stereocenters. The average Bonchev–Trinajstić information content (AvgIpc) is 3.28. The van der Waals surface area contributed by atoms with Crippen molar-refractivity contribution < 1.29 is 9.90 Å². The molecule has 3 rings (SSSR count). The van der Waals surface area contributed by atoms with Gasteiger partial charge in [0, 0.05) is 45.9 Å². The molecule has 0 aliphatic heterocycles. The van der Waals surface area contributed by atoms with Crippen molar-refractivity contribution >= 4 is 28.3 Å². The molecule has 0 fully saturated rings. The van der Waals surface area contributed by atoms with Gasteiger partial charge in [0.15, 0.2) is 0 Å². The summed E-state index contributed by atoms with van der Waals surface area (Å²) in [6.07, 6.45) is 8.54. The molecule has 3 aromatic rings. The number of carbonyl (C=O) groups is 1. The Labute approximate surface area is 202 Å². The smallest absolute Gasteiger partial charge is 0.333 e. The number of fused-ring (bicyclic) bond motifs is 1. The van der Waals surface area contributed by atoms with Gasteiger partial charge in [0.05, 0.1) is 5.57 Å². The number of rotatable bonds is 7. The number of hydrogen-bond donors (Lipinski definition) is 4. The summed E-state index contributed by atoms with van der Waals surface area (Å²) in [5.74, 6) is -1.05. The second kappa shape index (κ2) is 13.5. The van der Waals surface area contributed by atoms with Gasteiger partial charge >= 0.3 is 5.97 Å². The molecule has 5 N–H and O–H groups in total. The van der Waals surface area contributed by atoms with Gasteiger partial charge in [-0.1, -0.05) is 65.1 Å². The van der Waals surface area contributed by atoms with E-state index in [9.17, 15) is 4.79 Å². The van der Waals surface area contributed by atoms with Gasteiger partial charge in [0.2, 0.25) is 0 Å². The lowest BCUT2D eigenvalue weighted by Crippen LogP contribution is -2.05. The number of allylic oxidation sites excluding steroid dienone is 3. The molecule has 0 bridgehead atoms. The van der Waals surface area contributed by atoms with E-state index in [4.69, 9.17) is 10.8 Å². The van der Waals surface area contributed by atoms with Crippen LogP contribution in [0.5, 0.6) is 0 Å². The number of nitrogens with zero attached hydrogens (tertiary/aromatic N) is 1. The Morgan fingerprint density at radius 2 is 1.85 bits per heavy atom. The number of para-hydroxylation sites is 1. The highest BCUT2D eigenvalue weighted by atomic mass is 16.4. The third-order valence-electron chi connectivity index (χ3n) is 4.93. The molecule has 2 aromatic heterocycles. The minimum Gasteiger partial charge on any atom is -0.478 e. The van der Waals surface area contributed by atoms with Crippen molar-refractivity contribution in [3.8, 4) is 11.1 Å². The number of benzene rings is 1. The normalized spacial score (nSPS) is 11.0. The van der Waals surface area contributed by atoms with Crippen LogP contribution in [-0.2, 0) is 4.79 Å². The van der Waals surface area contributed by atoms with Gasteiger partial charge in [0.1, 0.15) is 5.65 Å². The van der Waals surface area contributed by atoms with Gasteiger partial charge in [-0.2, -0.15) is 0 Å². The highest BCUT2D eigenvalue weighted by Crippen LogP contribution is 2.36. The first-order valence-electron chi connectivity index (χ1n) is 11.3. The molecule has 1 aromatic carbocycles. The third-order valence-corrected chi connectivity index (χ3v) is 4.93. The number of nitrogens with two attached hydrogens (primary N) is 1. The molecule has 0 aliphatic carbocycles. The fraction of sp³-hybridized carbons (Fsp3) is 0.214. The number of aromatic nitrogens is 2. The van der Waals surface area contributed by atoms with Crippen LogP contribution in [0.15, 0.2) is 79.4 Å². The summed E-state index contributed by atoms with van der Waals surface area (Å²) in [6, 6.07) is 8.10. The summed E-state index contributed by atoms with van der Waals surface area (Å²) < 4.78 is 0. The minimum absolute atomic E-state index is 0.0854. The van der Waals surface area contributed by atoms with Crippen molar-refractivity contribution in [3.63, 3.8) is 0 Å². The van der Waals surface area contributed by atoms with Crippen LogP contribution in [0.4, 0.5) is 5.69 Å². The number of hydrogen-bond acceptors (Lipinski definition) is 4. The second-order valence-corrected chi connectivity index (χ2v) is 6.91. The standard InChI is InChI=1S/C24H24N4O2.2C2H6/c1-5-26-22-15(3)7-6-8-18(22)20-13-28-23-19(20)11-17(12-27-23)14(2)9-10-21(25)16(4)24(29)30;2*1-2/h5-13,26H,1-2,25H2,3-4H3,(H,27,28)(H,29,30);2*1-2H3/b10-9-,21-16-;;. The molecule has 180 valence electrons. The predicted octanol–water partition coefficient (Wildman–Crippen LogP) is 7.03. The lowest BCUT2D eigenvalue weighted by Gasteiger charge is -2.12. The van der Waals surface area contributed by atoms with Crippen LogP contribution in [0, 0.1) is 6.92 Å². The molecular formula is C28H36N4O2. The maximum Gasteiger partial charge on any atom is 0.333 e. The number of carboxylic acids is 1. The Balaban J connectivity index is 0.00000137. The molecule has 6 heteroatoms. The topological polar surface area (TPSA) is 104 Å². The molecule has 0 saturated heterocycles. The van der Waals surface area contributed by atoms with Gasteiger partial charge in [-0.3, -0.25) is 0 Å².